The van der Waals surface area contributed by atoms with Gasteiger partial charge in [-0.25, -0.2) is 4.90 Å². The lowest BCUT2D eigenvalue weighted by Gasteiger charge is -2.18. The molecule has 1 heterocycles. The van der Waals surface area contributed by atoms with Crippen molar-refractivity contribution < 1.29 is 22.8 Å². The molecule has 4 nitrogen and oxygen atoms in total. The van der Waals surface area contributed by atoms with Crippen LogP contribution in [0, 0.1) is 0 Å². The van der Waals surface area contributed by atoms with Crippen LogP contribution in [-0.4, -0.2) is 11.8 Å². The molecule has 0 bridgehead atoms. The first-order valence-corrected chi connectivity index (χ1v) is 8.82. The maximum absolute atomic E-state index is 13.0. The standard InChI is InChI=1S/C17H8BrCl2F3N2O2/c18-9-2-4-10(5-3-9)24-14-13(20)15(26)25(16(14)27)12-7-8(17(21,22)23)1-6-11(12)19/h1-7,24H. The maximum Gasteiger partial charge on any atom is 0.416 e. The van der Waals surface area contributed by atoms with Gasteiger partial charge in [-0.05, 0) is 42.5 Å². The zero-order valence-electron chi connectivity index (χ0n) is 13.1. The van der Waals surface area contributed by atoms with E-state index < -0.39 is 34.3 Å². The van der Waals surface area contributed by atoms with Gasteiger partial charge >= 0.3 is 6.18 Å². The summed E-state index contributed by atoms with van der Waals surface area (Å²) in [5, 5.41) is 2.07. The van der Waals surface area contributed by atoms with E-state index in [9.17, 15) is 22.8 Å². The lowest BCUT2D eigenvalue weighted by Crippen LogP contribution is -2.32. The van der Waals surface area contributed by atoms with Crippen LogP contribution in [0.1, 0.15) is 5.56 Å². The second-order valence-corrected chi connectivity index (χ2v) is 7.13. The fourth-order valence-corrected chi connectivity index (χ4v) is 3.05. The molecule has 0 spiro atoms. The van der Waals surface area contributed by atoms with Gasteiger partial charge in [-0.15, -0.1) is 0 Å². The van der Waals surface area contributed by atoms with Crippen LogP contribution in [0.4, 0.5) is 24.5 Å². The minimum Gasteiger partial charge on any atom is -0.350 e. The van der Waals surface area contributed by atoms with Gasteiger partial charge in [0, 0.05) is 10.2 Å². The lowest BCUT2D eigenvalue weighted by molar-refractivity contribution is -0.137. The zero-order chi connectivity index (χ0) is 19.9. The number of benzene rings is 2. The molecular weight excluding hydrogens is 472 g/mol. The van der Waals surface area contributed by atoms with E-state index in [1.165, 1.54) is 0 Å². The number of hydrogen-bond donors (Lipinski definition) is 1. The summed E-state index contributed by atoms with van der Waals surface area (Å²) in [7, 11) is 0. The highest BCUT2D eigenvalue weighted by atomic mass is 79.9. The molecule has 2 aromatic carbocycles. The van der Waals surface area contributed by atoms with Crippen molar-refractivity contribution in [2.24, 2.45) is 0 Å². The van der Waals surface area contributed by atoms with E-state index in [4.69, 9.17) is 23.2 Å². The monoisotopic (exact) mass is 478 g/mol. The average molecular weight is 480 g/mol. The van der Waals surface area contributed by atoms with Crippen LogP contribution in [0.2, 0.25) is 5.02 Å². The summed E-state index contributed by atoms with van der Waals surface area (Å²) < 4.78 is 39.7. The minimum absolute atomic E-state index is 0.195. The molecule has 0 aromatic heterocycles. The van der Waals surface area contributed by atoms with E-state index in [0.29, 0.717) is 16.7 Å². The molecule has 0 aliphatic carbocycles. The first-order chi connectivity index (χ1) is 12.6. The van der Waals surface area contributed by atoms with Crippen LogP contribution in [0.5, 0.6) is 0 Å². The van der Waals surface area contributed by atoms with Gasteiger partial charge in [0.2, 0.25) is 0 Å². The molecule has 2 aromatic rings. The van der Waals surface area contributed by atoms with Crippen LogP contribution in [-0.2, 0) is 15.8 Å². The van der Waals surface area contributed by atoms with Crippen molar-refractivity contribution in [3.05, 3.63) is 68.3 Å². The highest BCUT2D eigenvalue weighted by Crippen LogP contribution is 2.38. The summed E-state index contributed by atoms with van der Waals surface area (Å²) in [4.78, 5) is 25.6. The highest BCUT2D eigenvalue weighted by molar-refractivity contribution is 9.10. The van der Waals surface area contributed by atoms with Crippen molar-refractivity contribution in [1.29, 1.82) is 0 Å². The number of nitrogens with zero attached hydrogens (tertiary/aromatic N) is 1. The van der Waals surface area contributed by atoms with Crippen LogP contribution >= 0.6 is 39.1 Å². The number of anilines is 2. The molecule has 0 saturated carbocycles. The Labute approximate surface area is 169 Å². The quantitative estimate of drug-likeness (QED) is 0.586. The third-order valence-electron chi connectivity index (χ3n) is 3.66. The van der Waals surface area contributed by atoms with Gasteiger partial charge in [0.15, 0.2) is 0 Å². The van der Waals surface area contributed by atoms with E-state index >= 15 is 0 Å². The molecule has 140 valence electrons. The third kappa shape index (κ3) is 3.83. The normalized spacial score (nSPS) is 15.0. The molecule has 1 aliphatic rings. The summed E-state index contributed by atoms with van der Waals surface area (Å²) in [6.07, 6.45) is -4.67. The number of nitrogens with one attached hydrogen (secondary N) is 1. The van der Waals surface area contributed by atoms with Gasteiger partial charge < -0.3 is 5.32 Å². The molecule has 3 rings (SSSR count). The SMILES string of the molecule is O=C1C(Cl)=C(Nc2ccc(Br)cc2)C(=O)N1c1cc(C(F)(F)F)ccc1Cl. The Kier molecular flexibility index (Phi) is 5.24. The molecular formula is C17H8BrCl2F3N2O2. The van der Waals surface area contributed by atoms with Crippen molar-refractivity contribution in [2.45, 2.75) is 6.18 Å². The molecule has 1 N–H and O–H groups in total. The molecule has 1 aliphatic heterocycles. The molecule has 0 radical (unpaired) electrons. The van der Waals surface area contributed by atoms with Crippen molar-refractivity contribution >= 4 is 62.3 Å². The number of halogens is 6. The molecule has 0 saturated heterocycles. The predicted octanol–water partition coefficient (Wildman–Crippen LogP) is 5.56. The summed E-state index contributed by atoms with van der Waals surface area (Å²) >= 11 is 15.2. The Balaban J connectivity index is 1.97. The molecule has 10 heteroatoms. The smallest absolute Gasteiger partial charge is 0.350 e. The van der Waals surface area contributed by atoms with Gasteiger partial charge in [0.1, 0.15) is 10.7 Å². The van der Waals surface area contributed by atoms with Crippen LogP contribution in [0.25, 0.3) is 0 Å². The van der Waals surface area contributed by atoms with E-state index in [-0.39, 0.29) is 10.7 Å². The third-order valence-corrected chi connectivity index (χ3v) is 4.85. The number of amides is 2. The predicted molar refractivity (Wildman–Crippen MR) is 99.6 cm³/mol. The summed E-state index contributed by atoms with van der Waals surface area (Å²) in [5.74, 6) is -1.88. The topological polar surface area (TPSA) is 49.4 Å². The van der Waals surface area contributed by atoms with Crippen molar-refractivity contribution in [2.75, 3.05) is 10.2 Å². The van der Waals surface area contributed by atoms with E-state index in [1.54, 1.807) is 24.3 Å². The number of imide groups is 1. The Hall–Kier alpha value is -2.03. The Morgan fingerprint density at radius 2 is 1.59 bits per heavy atom. The van der Waals surface area contributed by atoms with Crippen LogP contribution in [0.3, 0.4) is 0 Å². The first-order valence-electron chi connectivity index (χ1n) is 7.27. The second kappa shape index (κ2) is 7.18. The van der Waals surface area contributed by atoms with Crippen molar-refractivity contribution in [1.82, 2.24) is 0 Å². The van der Waals surface area contributed by atoms with Crippen molar-refractivity contribution in [3.63, 3.8) is 0 Å². The zero-order valence-corrected chi connectivity index (χ0v) is 16.2. The summed E-state index contributed by atoms with van der Waals surface area (Å²) in [6.45, 7) is 0. The minimum atomic E-state index is -4.67. The first kappa shape index (κ1) is 19.7. The molecule has 0 fully saturated rings. The largest absolute Gasteiger partial charge is 0.416 e. The van der Waals surface area contributed by atoms with Gasteiger partial charge in [0.05, 0.1) is 16.3 Å². The maximum atomic E-state index is 13.0. The molecule has 27 heavy (non-hydrogen) atoms. The molecule has 0 atom stereocenters. The van der Waals surface area contributed by atoms with Crippen LogP contribution in [0.15, 0.2) is 57.7 Å². The molecule has 2 amide bonds. The number of alkyl halides is 3. The fraction of sp³-hybridized carbons (Fsp3) is 0.0588. The van der Waals surface area contributed by atoms with Gasteiger partial charge in [0.25, 0.3) is 11.8 Å². The van der Waals surface area contributed by atoms with Crippen molar-refractivity contribution in [3.8, 4) is 0 Å². The fourth-order valence-electron chi connectivity index (χ4n) is 2.37. The van der Waals surface area contributed by atoms with Crippen LogP contribution < -0.4 is 10.2 Å². The Morgan fingerprint density at radius 1 is 0.963 bits per heavy atom. The lowest BCUT2D eigenvalue weighted by atomic mass is 10.2. The highest BCUT2D eigenvalue weighted by Gasteiger charge is 2.41. The van der Waals surface area contributed by atoms with E-state index in [1.807, 2.05) is 0 Å². The summed E-state index contributed by atoms with van der Waals surface area (Å²) in [5.41, 5.74) is -1.23. The number of rotatable bonds is 3. The average Bonchev–Trinajstić information content (AvgIpc) is 2.80. The number of carbonyl (C=O) groups is 2. The number of carbonyl (C=O) groups excluding carboxylic acids is 2. The summed E-state index contributed by atoms with van der Waals surface area (Å²) in [6, 6.07) is 8.99. The van der Waals surface area contributed by atoms with Gasteiger partial charge in [-0.2, -0.15) is 13.2 Å². The van der Waals surface area contributed by atoms with E-state index in [0.717, 1.165) is 16.6 Å². The Bertz CT molecular complexity index is 975. The van der Waals surface area contributed by atoms with Gasteiger partial charge in [-0.3, -0.25) is 9.59 Å². The number of hydrogen-bond acceptors (Lipinski definition) is 3. The van der Waals surface area contributed by atoms with E-state index in [2.05, 4.69) is 21.2 Å². The molecule has 0 unspecified atom stereocenters. The second-order valence-electron chi connectivity index (χ2n) is 5.43. The van der Waals surface area contributed by atoms with Gasteiger partial charge in [-0.1, -0.05) is 39.1 Å². The Morgan fingerprint density at radius 3 is 2.19 bits per heavy atom.